The van der Waals surface area contributed by atoms with Gasteiger partial charge in [0.1, 0.15) is 0 Å². The lowest BCUT2D eigenvalue weighted by atomic mass is 9.98. The molecule has 0 aliphatic carbocycles. The first kappa shape index (κ1) is 8.10. The molecule has 2 heterocycles. The Balaban J connectivity index is 2.04. The van der Waals surface area contributed by atoms with Crippen molar-refractivity contribution in [3.8, 4) is 0 Å². The van der Waals surface area contributed by atoms with Gasteiger partial charge in [0.05, 0.1) is 18.3 Å². The predicted octanol–water partition coefficient (Wildman–Crippen LogP) is 0.574. The zero-order valence-electron chi connectivity index (χ0n) is 6.64. The molecule has 0 saturated carbocycles. The van der Waals surface area contributed by atoms with E-state index in [1.165, 1.54) is 11.5 Å². The SMILES string of the molecule is NC(c1csnn1)C1CCOC1. The van der Waals surface area contributed by atoms with Crippen LogP contribution in [-0.2, 0) is 4.74 Å². The fraction of sp³-hybridized carbons (Fsp3) is 0.714. The number of ether oxygens (including phenoxy) is 1. The maximum absolute atomic E-state index is 5.97. The third-order valence-electron chi connectivity index (χ3n) is 2.19. The van der Waals surface area contributed by atoms with Crippen LogP contribution in [0.5, 0.6) is 0 Å². The van der Waals surface area contributed by atoms with E-state index in [1.807, 2.05) is 5.38 Å². The smallest absolute Gasteiger partial charge is 0.0926 e. The molecule has 0 amide bonds. The van der Waals surface area contributed by atoms with Crippen molar-refractivity contribution in [1.82, 2.24) is 9.59 Å². The fourth-order valence-corrected chi connectivity index (χ4v) is 1.90. The average molecular weight is 185 g/mol. The summed E-state index contributed by atoms with van der Waals surface area (Å²) in [5, 5.41) is 5.85. The van der Waals surface area contributed by atoms with Gasteiger partial charge >= 0.3 is 0 Å². The van der Waals surface area contributed by atoms with E-state index in [9.17, 15) is 0 Å². The van der Waals surface area contributed by atoms with E-state index < -0.39 is 0 Å². The van der Waals surface area contributed by atoms with Gasteiger partial charge in [0.2, 0.25) is 0 Å². The van der Waals surface area contributed by atoms with Crippen LogP contribution in [-0.4, -0.2) is 22.8 Å². The highest BCUT2D eigenvalue weighted by molar-refractivity contribution is 7.03. The van der Waals surface area contributed by atoms with E-state index in [-0.39, 0.29) is 6.04 Å². The van der Waals surface area contributed by atoms with Crippen LogP contribution in [0.4, 0.5) is 0 Å². The van der Waals surface area contributed by atoms with E-state index in [4.69, 9.17) is 10.5 Å². The Morgan fingerprint density at radius 2 is 2.67 bits per heavy atom. The van der Waals surface area contributed by atoms with Gasteiger partial charge in [-0.2, -0.15) is 0 Å². The van der Waals surface area contributed by atoms with Crippen molar-refractivity contribution in [3.05, 3.63) is 11.1 Å². The van der Waals surface area contributed by atoms with Gasteiger partial charge in [0.25, 0.3) is 0 Å². The second kappa shape index (κ2) is 3.47. The standard InChI is InChI=1S/C7H11N3OS/c8-7(5-1-2-11-3-5)6-4-12-10-9-6/h4-5,7H,1-3,8H2. The van der Waals surface area contributed by atoms with Gasteiger partial charge in [-0.25, -0.2) is 0 Å². The highest BCUT2D eigenvalue weighted by atomic mass is 32.1. The van der Waals surface area contributed by atoms with Crippen LogP contribution in [0.1, 0.15) is 18.2 Å². The van der Waals surface area contributed by atoms with Gasteiger partial charge in [-0.15, -0.1) is 5.10 Å². The molecule has 66 valence electrons. The molecule has 4 nitrogen and oxygen atoms in total. The molecule has 0 bridgehead atoms. The maximum Gasteiger partial charge on any atom is 0.0926 e. The van der Waals surface area contributed by atoms with Gasteiger partial charge in [0, 0.05) is 17.9 Å². The molecule has 1 fully saturated rings. The van der Waals surface area contributed by atoms with Crippen molar-refractivity contribution in [2.75, 3.05) is 13.2 Å². The lowest BCUT2D eigenvalue weighted by molar-refractivity contribution is 0.180. The third-order valence-corrected chi connectivity index (χ3v) is 2.71. The summed E-state index contributed by atoms with van der Waals surface area (Å²) in [6.07, 6.45) is 1.04. The van der Waals surface area contributed by atoms with Gasteiger partial charge < -0.3 is 10.5 Å². The number of hydrogen-bond acceptors (Lipinski definition) is 5. The highest BCUT2D eigenvalue weighted by Gasteiger charge is 2.25. The Hall–Kier alpha value is -0.520. The molecule has 0 radical (unpaired) electrons. The topological polar surface area (TPSA) is 61.0 Å². The Labute approximate surface area is 74.9 Å². The van der Waals surface area contributed by atoms with E-state index >= 15 is 0 Å². The minimum atomic E-state index is 0.00579. The van der Waals surface area contributed by atoms with Crippen LogP contribution in [0.3, 0.4) is 0 Å². The van der Waals surface area contributed by atoms with Crippen LogP contribution < -0.4 is 5.73 Å². The van der Waals surface area contributed by atoms with Crippen LogP contribution in [0.15, 0.2) is 5.38 Å². The Kier molecular flexibility index (Phi) is 2.34. The summed E-state index contributed by atoms with van der Waals surface area (Å²) in [4.78, 5) is 0. The largest absolute Gasteiger partial charge is 0.381 e. The van der Waals surface area contributed by atoms with Crippen molar-refractivity contribution >= 4 is 11.5 Å². The van der Waals surface area contributed by atoms with Crippen LogP contribution in [0.2, 0.25) is 0 Å². The van der Waals surface area contributed by atoms with E-state index in [2.05, 4.69) is 9.59 Å². The van der Waals surface area contributed by atoms with Gasteiger partial charge in [-0.1, -0.05) is 4.49 Å². The zero-order chi connectivity index (χ0) is 8.39. The molecule has 1 saturated heterocycles. The molecule has 1 aliphatic rings. The molecule has 1 aliphatic heterocycles. The normalized spacial score (nSPS) is 25.9. The van der Waals surface area contributed by atoms with Crippen molar-refractivity contribution in [3.63, 3.8) is 0 Å². The molecule has 12 heavy (non-hydrogen) atoms. The number of hydrogen-bond donors (Lipinski definition) is 1. The van der Waals surface area contributed by atoms with E-state index in [0.29, 0.717) is 5.92 Å². The summed E-state index contributed by atoms with van der Waals surface area (Å²) in [5.41, 5.74) is 6.87. The molecular weight excluding hydrogens is 174 g/mol. The highest BCUT2D eigenvalue weighted by Crippen LogP contribution is 2.25. The van der Waals surface area contributed by atoms with Crippen molar-refractivity contribution in [2.45, 2.75) is 12.5 Å². The molecule has 5 heteroatoms. The van der Waals surface area contributed by atoms with Crippen LogP contribution >= 0.6 is 11.5 Å². The second-order valence-electron chi connectivity index (χ2n) is 2.98. The molecule has 0 aromatic carbocycles. The van der Waals surface area contributed by atoms with E-state index in [0.717, 1.165) is 25.3 Å². The predicted molar refractivity (Wildman–Crippen MR) is 45.8 cm³/mol. The summed E-state index contributed by atoms with van der Waals surface area (Å²) in [6.45, 7) is 1.59. The summed E-state index contributed by atoms with van der Waals surface area (Å²) in [6, 6.07) is 0.00579. The summed E-state index contributed by atoms with van der Waals surface area (Å²) < 4.78 is 9.04. The van der Waals surface area contributed by atoms with Gasteiger partial charge in [0.15, 0.2) is 0 Å². The molecule has 2 unspecified atom stereocenters. The molecule has 0 spiro atoms. The molecule has 2 rings (SSSR count). The second-order valence-corrected chi connectivity index (χ2v) is 3.59. The molecule has 2 N–H and O–H groups in total. The van der Waals surface area contributed by atoms with Gasteiger partial charge in [-0.05, 0) is 18.0 Å². The van der Waals surface area contributed by atoms with E-state index in [1.54, 1.807) is 0 Å². The van der Waals surface area contributed by atoms with Crippen molar-refractivity contribution in [1.29, 1.82) is 0 Å². The van der Waals surface area contributed by atoms with Crippen molar-refractivity contribution < 1.29 is 4.74 Å². The van der Waals surface area contributed by atoms with Crippen LogP contribution in [0, 0.1) is 5.92 Å². The van der Waals surface area contributed by atoms with Crippen LogP contribution in [0.25, 0.3) is 0 Å². The molecular formula is C7H11N3OS. The maximum atomic E-state index is 5.97. The monoisotopic (exact) mass is 185 g/mol. The first-order valence-corrected chi connectivity index (χ1v) is 4.82. The number of aromatic nitrogens is 2. The molecule has 1 aromatic rings. The lowest BCUT2D eigenvalue weighted by Crippen LogP contribution is -2.21. The number of rotatable bonds is 2. The molecule has 1 aromatic heterocycles. The minimum Gasteiger partial charge on any atom is -0.381 e. The number of nitrogens with two attached hydrogens (primary N) is 1. The van der Waals surface area contributed by atoms with Gasteiger partial charge in [-0.3, -0.25) is 0 Å². The fourth-order valence-electron chi connectivity index (χ4n) is 1.39. The third kappa shape index (κ3) is 1.48. The quantitative estimate of drug-likeness (QED) is 0.732. The average Bonchev–Trinajstić information content (AvgIpc) is 2.77. The molecule has 2 atom stereocenters. The minimum absolute atomic E-state index is 0.00579. The number of nitrogens with zero attached hydrogens (tertiary/aromatic N) is 2. The summed E-state index contributed by atoms with van der Waals surface area (Å²) in [7, 11) is 0. The Morgan fingerprint density at radius 1 is 1.75 bits per heavy atom. The first-order chi connectivity index (χ1) is 5.88. The Bertz CT molecular complexity index is 233. The lowest BCUT2D eigenvalue weighted by Gasteiger charge is -2.13. The Morgan fingerprint density at radius 3 is 3.25 bits per heavy atom. The summed E-state index contributed by atoms with van der Waals surface area (Å²) >= 11 is 1.34. The van der Waals surface area contributed by atoms with Crippen molar-refractivity contribution in [2.24, 2.45) is 11.7 Å². The first-order valence-electron chi connectivity index (χ1n) is 3.98. The summed E-state index contributed by atoms with van der Waals surface area (Å²) in [5.74, 6) is 0.425. The zero-order valence-corrected chi connectivity index (χ0v) is 7.46.